The topological polar surface area (TPSA) is 122 Å². The SMILES string of the molecule is CC(C)C1=C2[C@H]3CC[C@@H]4[C@@]5(C)CC[C@H](OC(=O)[C@H]6C[C@@H](C(=O)O)C6(C)C)C(C)(C)[C@@H]5CC[C@@]4(C)[C@]3(C)CC[C@@]2(CCNC(=O)[C@@H]2CCCCN2)CC1=O. The number of hydrogen-bond donors (Lipinski definition) is 3. The molecule has 0 bridgehead atoms. The van der Waals surface area contributed by atoms with Crippen LogP contribution in [-0.4, -0.2) is 54.0 Å². The van der Waals surface area contributed by atoms with Gasteiger partial charge in [-0.3, -0.25) is 19.2 Å². The lowest BCUT2D eigenvalue weighted by Gasteiger charge is -2.72. The van der Waals surface area contributed by atoms with E-state index in [1.807, 2.05) is 13.8 Å². The smallest absolute Gasteiger partial charge is 0.309 e. The predicted molar refractivity (Wildman–Crippen MR) is 206 cm³/mol. The molecule has 3 N–H and O–H groups in total. The molecular formula is C45H70N2O6. The van der Waals surface area contributed by atoms with Crippen LogP contribution >= 0.6 is 0 Å². The van der Waals surface area contributed by atoms with Crippen LogP contribution in [0.2, 0.25) is 0 Å². The number of piperidine rings is 1. The molecule has 6 aliphatic carbocycles. The van der Waals surface area contributed by atoms with Gasteiger partial charge in [0, 0.05) is 23.8 Å². The normalized spacial score (nSPS) is 44.2. The Morgan fingerprint density at radius 2 is 1.58 bits per heavy atom. The molecule has 5 saturated carbocycles. The standard InChI is InChI=1S/C45H70N2O6/c1-26(2)35-31(48)25-45(21-23-47-37(49)30-12-10-11-22-46-30)20-19-43(8)27(36(35)45)13-14-33-42(7)17-16-34(41(5,6)32(42)15-18-44(33,43)9)53-39(52)29-24-28(38(50)51)40(29,3)4/h26-30,32-34,46H,10-25H2,1-9H3,(H,47,49)(H,50,51)/t27-,28+,29-,30+,32+,33-,34+,42+,43-,44-,45-/m1/s1. The van der Waals surface area contributed by atoms with Gasteiger partial charge in [0.25, 0.3) is 0 Å². The van der Waals surface area contributed by atoms with Crippen LogP contribution in [0.3, 0.4) is 0 Å². The largest absolute Gasteiger partial charge is 0.481 e. The van der Waals surface area contributed by atoms with E-state index in [-0.39, 0.29) is 62.9 Å². The van der Waals surface area contributed by atoms with Gasteiger partial charge in [0.2, 0.25) is 5.91 Å². The number of Topliss-reactive ketones (excluding diaryl/α,β-unsaturated/α-hetero) is 1. The van der Waals surface area contributed by atoms with Crippen LogP contribution in [0.1, 0.15) is 152 Å². The zero-order valence-electron chi connectivity index (χ0n) is 34.4. The Kier molecular flexibility index (Phi) is 9.71. The Labute approximate surface area is 319 Å². The lowest BCUT2D eigenvalue weighted by Crippen LogP contribution is -2.66. The maximum absolute atomic E-state index is 14.0. The molecule has 8 heteroatoms. The van der Waals surface area contributed by atoms with E-state index < -0.39 is 17.3 Å². The number of carbonyl (C=O) groups is 4. The van der Waals surface area contributed by atoms with Crippen LogP contribution in [0, 0.1) is 68.0 Å². The summed E-state index contributed by atoms with van der Waals surface area (Å²) in [7, 11) is 0. The summed E-state index contributed by atoms with van der Waals surface area (Å²) in [4.78, 5) is 52.5. The van der Waals surface area contributed by atoms with E-state index in [0.29, 0.717) is 42.9 Å². The molecule has 7 rings (SSSR count). The highest BCUT2D eigenvalue weighted by Crippen LogP contribution is 2.77. The third-order valence-electron chi connectivity index (χ3n) is 18.2. The highest BCUT2D eigenvalue weighted by Gasteiger charge is 2.70. The molecule has 296 valence electrons. The van der Waals surface area contributed by atoms with Crippen molar-refractivity contribution in [1.82, 2.24) is 10.6 Å². The van der Waals surface area contributed by atoms with Gasteiger partial charge in [0.15, 0.2) is 5.78 Å². The van der Waals surface area contributed by atoms with E-state index in [1.165, 1.54) is 5.57 Å². The fourth-order valence-corrected chi connectivity index (χ4v) is 14.8. The first kappa shape index (κ1) is 39.0. The molecule has 11 atom stereocenters. The number of carboxylic acid groups (broad SMARTS) is 1. The second-order valence-corrected chi connectivity index (χ2v) is 21.3. The van der Waals surface area contributed by atoms with Crippen molar-refractivity contribution < 1.29 is 29.0 Å². The van der Waals surface area contributed by atoms with Crippen molar-refractivity contribution in [2.45, 2.75) is 164 Å². The number of ketones is 1. The molecule has 1 amide bonds. The molecule has 0 spiro atoms. The maximum atomic E-state index is 14.0. The van der Waals surface area contributed by atoms with Crippen molar-refractivity contribution in [2.24, 2.45) is 68.0 Å². The van der Waals surface area contributed by atoms with Gasteiger partial charge in [0.05, 0.1) is 17.9 Å². The molecule has 1 saturated heterocycles. The number of rotatable bonds is 8. The Bertz CT molecular complexity index is 1560. The number of aliphatic carboxylic acids is 1. The van der Waals surface area contributed by atoms with Crippen LogP contribution in [0.25, 0.3) is 0 Å². The summed E-state index contributed by atoms with van der Waals surface area (Å²) in [6.07, 6.45) is 13.3. The number of carboxylic acids is 1. The molecule has 0 unspecified atom stereocenters. The minimum absolute atomic E-state index is 0.0761. The highest BCUT2D eigenvalue weighted by molar-refractivity contribution is 6.00. The Morgan fingerprint density at radius 1 is 0.849 bits per heavy atom. The van der Waals surface area contributed by atoms with Crippen molar-refractivity contribution in [3.05, 3.63) is 11.1 Å². The van der Waals surface area contributed by atoms with Crippen LogP contribution in [0.5, 0.6) is 0 Å². The Balaban J connectivity index is 1.11. The van der Waals surface area contributed by atoms with Gasteiger partial charge in [-0.15, -0.1) is 0 Å². The van der Waals surface area contributed by atoms with E-state index in [1.54, 1.807) is 0 Å². The van der Waals surface area contributed by atoms with Crippen molar-refractivity contribution in [2.75, 3.05) is 13.1 Å². The lowest BCUT2D eigenvalue weighted by atomic mass is 9.33. The molecular weight excluding hydrogens is 665 g/mol. The summed E-state index contributed by atoms with van der Waals surface area (Å²) < 4.78 is 6.42. The van der Waals surface area contributed by atoms with Crippen molar-refractivity contribution >= 4 is 23.6 Å². The van der Waals surface area contributed by atoms with Gasteiger partial charge in [-0.25, -0.2) is 0 Å². The lowest BCUT2D eigenvalue weighted by molar-refractivity contribution is -0.236. The molecule has 6 fully saturated rings. The fraction of sp³-hybridized carbons (Fsp3) is 0.867. The zero-order valence-corrected chi connectivity index (χ0v) is 34.4. The second-order valence-electron chi connectivity index (χ2n) is 21.3. The Morgan fingerprint density at radius 3 is 2.23 bits per heavy atom. The van der Waals surface area contributed by atoms with E-state index in [9.17, 15) is 24.3 Å². The highest BCUT2D eigenvalue weighted by atomic mass is 16.5. The number of fused-ring (bicyclic) bond motifs is 7. The average Bonchev–Trinajstić information content (AvgIpc) is 3.38. The fourth-order valence-electron chi connectivity index (χ4n) is 14.8. The van der Waals surface area contributed by atoms with Crippen LogP contribution < -0.4 is 10.6 Å². The first-order chi connectivity index (χ1) is 24.7. The monoisotopic (exact) mass is 735 g/mol. The van der Waals surface area contributed by atoms with Gasteiger partial charge in [-0.05, 0) is 134 Å². The third-order valence-corrected chi connectivity index (χ3v) is 18.2. The quantitative estimate of drug-likeness (QED) is 0.215. The van der Waals surface area contributed by atoms with Gasteiger partial charge in [0.1, 0.15) is 6.10 Å². The summed E-state index contributed by atoms with van der Waals surface area (Å²) >= 11 is 0. The molecule has 53 heavy (non-hydrogen) atoms. The Hall–Kier alpha value is -2.22. The molecule has 7 aliphatic rings. The van der Waals surface area contributed by atoms with E-state index in [2.05, 4.69) is 59.1 Å². The first-order valence-corrected chi connectivity index (χ1v) is 21.5. The van der Waals surface area contributed by atoms with Crippen molar-refractivity contribution in [1.29, 1.82) is 0 Å². The van der Waals surface area contributed by atoms with E-state index in [4.69, 9.17) is 4.74 Å². The molecule has 0 aromatic carbocycles. The molecule has 0 radical (unpaired) electrons. The third kappa shape index (κ3) is 5.73. The second kappa shape index (κ2) is 13.2. The number of ether oxygens (including phenoxy) is 1. The average molecular weight is 735 g/mol. The van der Waals surface area contributed by atoms with Gasteiger partial charge in [-0.1, -0.05) is 74.3 Å². The number of esters is 1. The predicted octanol–water partition coefficient (Wildman–Crippen LogP) is 8.27. The van der Waals surface area contributed by atoms with Crippen LogP contribution in [-0.2, 0) is 23.9 Å². The van der Waals surface area contributed by atoms with Crippen LogP contribution in [0.15, 0.2) is 11.1 Å². The summed E-state index contributed by atoms with van der Waals surface area (Å²) in [6.45, 7) is 22.2. The number of nitrogens with one attached hydrogen (secondary N) is 2. The van der Waals surface area contributed by atoms with Crippen molar-refractivity contribution in [3.63, 3.8) is 0 Å². The van der Waals surface area contributed by atoms with Gasteiger partial charge in [-0.2, -0.15) is 0 Å². The summed E-state index contributed by atoms with van der Waals surface area (Å²) in [5.41, 5.74) is 1.96. The number of hydrogen-bond acceptors (Lipinski definition) is 6. The summed E-state index contributed by atoms with van der Waals surface area (Å²) in [5, 5.41) is 16.3. The molecule has 0 aromatic heterocycles. The zero-order chi connectivity index (χ0) is 38.5. The molecule has 1 heterocycles. The van der Waals surface area contributed by atoms with E-state index >= 15 is 0 Å². The summed E-state index contributed by atoms with van der Waals surface area (Å²) in [6, 6.07) is -0.0948. The molecule has 0 aromatic rings. The maximum Gasteiger partial charge on any atom is 0.309 e. The van der Waals surface area contributed by atoms with Gasteiger partial charge < -0.3 is 20.5 Å². The number of allylic oxidation sites excluding steroid dienone is 2. The summed E-state index contributed by atoms with van der Waals surface area (Å²) in [5.74, 6) is 0.103. The van der Waals surface area contributed by atoms with Crippen LogP contribution in [0.4, 0.5) is 0 Å². The van der Waals surface area contributed by atoms with Gasteiger partial charge >= 0.3 is 11.9 Å². The molecule has 1 aliphatic heterocycles. The number of carbonyl (C=O) groups excluding carboxylic acids is 3. The number of amides is 1. The first-order valence-electron chi connectivity index (χ1n) is 21.5. The minimum Gasteiger partial charge on any atom is -0.481 e. The molecule has 8 nitrogen and oxygen atoms in total. The van der Waals surface area contributed by atoms with Crippen molar-refractivity contribution in [3.8, 4) is 0 Å². The van der Waals surface area contributed by atoms with E-state index in [0.717, 1.165) is 89.2 Å². The minimum atomic E-state index is -0.822.